The molecular weight excluding hydrogens is 236 g/mol. The predicted molar refractivity (Wildman–Crippen MR) is 56.5 cm³/mol. The Morgan fingerprint density at radius 2 is 1.75 bits per heavy atom. The maximum absolute atomic E-state index is 8.64. The zero-order chi connectivity index (χ0) is 12.8. The highest BCUT2D eigenvalue weighted by molar-refractivity contribution is 7.79. The van der Waals surface area contributed by atoms with Gasteiger partial charge in [-0.1, -0.05) is 0 Å². The second kappa shape index (κ2) is 6.28. The number of aliphatic hydroxyl groups excluding tert-OH is 1. The van der Waals surface area contributed by atoms with Crippen molar-refractivity contribution in [2.45, 2.75) is 6.42 Å². The van der Waals surface area contributed by atoms with Crippen molar-refractivity contribution < 1.29 is 22.6 Å². The summed E-state index contributed by atoms with van der Waals surface area (Å²) in [5.74, 6) is 0. The molecule has 16 heavy (non-hydrogen) atoms. The van der Waals surface area contributed by atoms with E-state index in [1.54, 1.807) is 18.2 Å². The van der Waals surface area contributed by atoms with Gasteiger partial charge in [0, 0.05) is 28.4 Å². The van der Waals surface area contributed by atoms with Crippen LogP contribution in [0.3, 0.4) is 0 Å². The molecule has 1 aromatic rings. The fraction of sp³-hybridized carbons (Fsp3) is 0.250. The molecule has 1 rings (SSSR count). The molecule has 0 saturated heterocycles. The van der Waals surface area contributed by atoms with Gasteiger partial charge < -0.3 is 25.7 Å². The quantitative estimate of drug-likeness (QED) is 0.346. The molecule has 0 spiro atoms. The van der Waals surface area contributed by atoms with Crippen LogP contribution < -0.4 is 11.5 Å². The monoisotopic (exact) mass is 248 g/mol. The standard InChI is InChI=1S/C8H12N2O.H2O4S/c9-7-1-2-8(10)6(5-7)3-4-11;1-5(2,3)4/h1-2,5,11H,3-4,9-10H2;(H2,1,2,3,4)/p-2. The maximum Gasteiger partial charge on any atom is 0.0472 e. The minimum absolute atomic E-state index is 0.105. The Morgan fingerprint density at radius 3 is 2.19 bits per heavy atom. The molecule has 0 saturated carbocycles. The Kier molecular flexibility index (Phi) is 5.75. The Morgan fingerprint density at radius 1 is 1.25 bits per heavy atom. The summed E-state index contributed by atoms with van der Waals surface area (Å²) in [7, 11) is -5.17. The molecule has 0 fully saturated rings. The van der Waals surface area contributed by atoms with Gasteiger partial charge in [0.1, 0.15) is 0 Å². The number of benzene rings is 1. The summed E-state index contributed by atoms with van der Waals surface area (Å²) in [6, 6.07) is 5.28. The van der Waals surface area contributed by atoms with Crippen LogP contribution in [0.2, 0.25) is 0 Å². The first kappa shape index (κ1) is 14.6. The first-order valence-electron chi connectivity index (χ1n) is 4.15. The Bertz CT molecular complexity index is 424. The van der Waals surface area contributed by atoms with Gasteiger partial charge in [-0.2, -0.15) is 0 Å². The summed E-state index contributed by atoms with van der Waals surface area (Å²) in [6.45, 7) is 0.105. The topological polar surface area (TPSA) is 153 Å². The zero-order valence-corrected chi connectivity index (χ0v) is 9.11. The Labute approximate surface area is 93.3 Å². The number of aliphatic hydroxyl groups is 1. The lowest BCUT2D eigenvalue weighted by molar-refractivity contribution is 0.300. The van der Waals surface area contributed by atoms with Crippen LogP contribution in [0, 0.1) is 0 Å². The average molecular weight is 248 g/mol. The molecule has 7 nitrogen and oxygen atoms in total. The van der Waals surface area contributed by atoms with E-state index >= 15 is 0 Å². The van der Waals surface area contributed by atoms with Gasteiger partial charge in [0.05, 0.1) is 0 Å². The molecule has 0 bridgehead atoms. The molecule has 0 aliphatic rings. The van der Waals surface area contributed by atoms with Crippen LogP contribution in [0.15, 0.2) is 18.2 Å². The number of hydrogen-bond acceptors (Lipinski definition) is 7. The number of rotatable bonds is 2. The second-order valence-corrected chi connectivity index (χ2v) is 3.66. The first-order valence-corrected chi connectivity index (χ1v) is 5.49. The van der Waals surface area contributed by atoms with Gasteiger partial charge in [0.25, 0.3) is 0 Å². The zero-order valence-electron chi connectivity index (χ0n) is 8.29. The lowest BCUT2D eigenvalue weighted by Crippen LogP contribution is -1.98. The summed E-state index contributed by atoms with van der Waals surface area (Å²) in [6.07, 6.45) is 0.566. The molecule has 0 atom stereocenters. The van der Waals surface area contributed by atoms with Crippen LogP contribution in [0.25, 0.3) is 0 Å². The van der Waals surface area contributed by atoms with E-state index in [9.17, 15) is 0 Å². The normalized spacial score (nSPS) is 10.4. The largest absolute Gasteiger partial charge is 0.759 e. The van der Waals surface area contributed by atoms with Crippen molar-refractivity contribution in [2.75, 3.05) is 18.1 Å². The highest BCUT2D eigenvalue weighted by Crippen LogP contribution is 2.15. The summed E-state index contributed by atoms with van der Waals surface area (Å²) >= 11 is 0. The van der Waals surface area contributed by atoms with E-state index in [-0.39, 0.29) is 6.61 Å². The van der Waals surface area contributed by atoms with Crippen LogP contribution in [0.5, 0.6) is 0 Å². The van der Waals surface area contributed by atoms with Gasteiger partial charge in [-0.3, -0.25) is 8.42 Å². The van der Waals surface area contributed by atoms with E-state index in [4.69, 9.17) is 34.1 Å². The van der Waals surface area contributed by atoms with Crippen molar-refractivity contribution in [1.29, 1.82) is 0 Å². The van der Waals surface area contributed by atoms with Crippen molar-refractivity contribution >= 4 is 21.8 Å². The van der Waals surface area contributed by atoms with Crippen LogP contribution in [-0.4, -0.2) is 29.2 Å². The molecule has 8 heteroatoms. The molecule has 0 heterocycles. The lowest BCUT2D eigenvalue weighted by Gasteiger charge is -2.06. The second-order valence-electron chi connectivity index (χ2n) is 2.84. The lowest BCUT2D eigenvalue weighted by atomic mass is 10.1. The third kappa shape index (κ3) is 8.00. The summed E-state index contributed by atoms with van der Waals surface area (Å²) in [5.41, 5.74) is 13.4. The Hall–Kier alpha value is -1.35. The van der Waals surface area contributed by atoms with Crippen LogP contribution in [0.1, 0.15) is 5.56 Å². The number of anilines is 2. The highest BCUT2D eigenvalue weighted by atomic mass is 32.3. The Balaban J connectivity index is 0.000000385. The van der Waals surface area contributed by atoms with Gasteiger partial charge in [-0.15, -0.1) is 0 Å². The summed E-state index contributed by atoms with van der Waals surface area (Å²) in [5, 5.41) is 8.64. The molecular formula is C8H12N2O5S-2. The summed E-state index contributed by atoms with van der Waals surface area (Å²) < 4.78 is 34.1. The van der Waals surface area contributed by atoms with Gasteiger partial charge >= 0.3 is 0 Å². The fourth-order valence-electron chi connectivity index (χ4n) is 0.963. The smallest absolute Gasteiger partial charge is 0.0472 e. The number of nitrogens with two attached hydrogens (primary N) is 2. The van der Waals surface area contributed by atoms with Gasteiger partial charge in [-0.05, 0) is 30.2 Å². The van der Waals surface area contributed by atoms with Crippen molar-refractivity contribution in [3.05, 3.63) is 23.8 Å². The SMILES string of the molecule is Nc1ccc(N)c(CCO)c1.O=S(=O)([O-])[O-]. The van der Waals surface area contributed by atoms with E-state index < -0.39 is 10.4 Å². The molecule has 0 aliphatic carbocycles. The molecule has 0 unspecified atom stereocenters. The molecule has 1 aromatic carbocycles. The maximum atomic E-state index is 8.64. The molecule has 92 valence electrons. The van der Waals surface area contributed by atoms with E-state index in [1.807, 2.05) is 0 Å². The van der Waals surface area contributed by atoms with Gasteiger partial charge in [0.2, 0.25) is 0 Å². The molecule has 5 N–H and O–H groups in total. The van der Waals surface area contributed by atoms with E-state index in [1.165, 1.54) is 0 Å². The van der Waals surface area contributed by atoms with Crippen LogP contribution >= 0.6 is 0 Å². The van der Waals surface area contributed by atoms with Crippen molar-refractivity contribution in [2.24, 2.45) is 0 Å². The van der Waals surface area contributed by atoms with E-state index in [0.29, 0.717) is 17.8 Å². The minimum atomic E-state index is -5.17. The third-order valence-electron chi connectivity index (χ3n) is 1.55. The van der Waals surface area contributed by atoms with E-state index in [0.717, 1.165) is 5.56 Å². The van der Waals surface area contributed by atoms with Crippen LogP contribution in [-0.2, 0) is 16.8 Å². The third-order valence-corrected chi connectivity index (χ3v) is 1.55. The number of hydrogen-bond donors (Lipinski definition) is 3. The van der Waals surface area contributed by atoms with Crippen molar-refractivity contribution in [1.82, 2.24) is 0 Å². The van der Waals surface area contributed by atoms with Crippen LogP contribution in [0.4, 0.5) is 11.4 Å². The fourth-order valence-corrected chi connectivity index (χ4v) is 0.963. The highest BCUT2D eigenvalue weighted by Gasteiger charge is 1.97. The van der Waals surface area contributed by atoms with Gasteiger partial charge in [-0.25, -0.2) is 0 Å². The van der Waals surface area contributed by atoms with E-state index in [2.05, 4.69) is 0 Å². The van der Waals surface area contributed by atoms with Gasteiger partial charge in [0.15, 0.2) is 0 Å². The predicted octanol–water partition coefficient (Wildman–Crippen LogP) is -0.952. The molecule has 0 aliphatic heterocycles. The molecule has 0 aromatic heterocycles. The summed E-state index contributed by atoms with van der Waals surface area (Å²) in [4.78, 5) is 0. The van der Waals surface area contributed by atoms with Crippen molar-refractivity contribution in [3.63, 3.8) is 0 Å². The molecule has 0 amide bonds. The minimum Gasteiger partial charge on any atom is -0.759 e. The first-order chi connectivity index (χ1) is 7.24. The molecule has 0 radical (unpaired) electrons. The van der Waals surface area contributed by atoms with Crippen molar-refractivity contribution in [3.8, 4) is 0 Å². The number of nitrogen functional groups attached to an aromatic ring is 2. The average Bonchev–Trinajstić information content (AvgIpc) is 2.09.